The summed E-state index contributed by atoms with van der Waals surface area (Å²) in [4.78, 5) is 29.9. The van der Waals surface area contributed by atoms with Crippen LogP contribution in [-0.2, 0) is 17.9 Å². The highest BCUT2D eigenvalue weighted by Gasteiger charge is 2.16. The number of anilines is 1. The molecule has 0 radical (unpaired) electrons. The van der Waals surface area contributed by atoms with Gasteiger partial charge in [0.05, 0.1) is 16.7 Å². The van der Waals surface area contributed by atoms with Crippen molar-refractivity contribution in [3.63, 3.8) is 0 Å². The second kappa shape index (κ2) is 8.51. The first-order valence-corrected chi connectivity index (χ1v) is 11.4. The second-order valence-electron chi connectivity index (χ2n) is 7.48. The van der Waals surface area contributed by atoms with Crippen molar-refractivity contribution in [3.05, 3.63) is 58.3 Å². The van der Waals surface area contributed by atoms with E-state index in [0.717, 1.165) is 28.7 Å². The van der Waals surface area contributed by atoms with Gasteiger partial charge in [0, 0.05) is 30.5 Å². The number of nitrogens with one attached hydrogen (secondary N) is 1. The van der Waals surface area contributed by atoms with E-state index in [2.05, 4.69) is 10.3 Å². The summed E-state index contributed by atoms with van der Waals surface area (Å²) < 4.78 is 14.2. The van der Waals surface area contributed by atoms with Crippen LogP contribution in [0.2, 0.25) is 0 Å². The number of benzene rings is 2. The third-order valence-electron chi connectivity index (χ3n) is 5.35. The predicted octanol–water partition coefficient (Wildman–Crippen LogP) is 4.09. The minimum Gasteiger partial charge on any atom is -0.454 e. The van der Waals surface area contributed by atoms with E-state index < -0.39 is 0 Å². The lowest BCUT2D eigenvalue weighted by Gasteiger charge is -2.04. The molecule has 3 heterocycles. The third kappa shape index (κ3) is 3.75. The zero-order valence-electron chi connectivity index (χ0n) is 17.5. The number of amides is 1. The fraction of sp³-hybridized carbons (Fsp3) is 0.261. The minimum absolute atomic E-state index is 0.0832. The number of ether oxygens (including phenoxy) is 2. The number of aryl methyl sites for hydroxylation is 2. The van der Waals surface area contributed by atoms with Crippen LogP contribution in [0, 0.1) is 0 Å². The van der Waals surface area contributed by atoms with Crippen LogP contribution in [0.25, 0.3) is 22.3 Å². The highest BCUT2D eigenvalue weighted by molar-refractivity contribution is 7.14. The van der Waals surface area contributed by atoms with E-state index in [1.54, 1.807) is 9.13 Å². The van der Waals surface area contributed by atoms with E-state index in [1.165, 1.54) is 11.3 Å². The van der Waals surface area contributed by atoms with Gasteiger partial charge in [-0.2, -0.15) is 0 Å². The van der Waals surface area contributed by atoms with Gasteiger partial charge >= 0.3 is 5.69 Å². The number of rotatable bonds is 7. The fourth-order valence-corrected chi connectivity index (χ4v) is 4.58. The molecule has 0 saturated heterocycles. The third-order valence-corrected chi connectivity index (χ3v) is 6.11. The smallest absolute Gasteiger partial charge is 0.329 e. The van der Waals surface area contributed by atoms with E-state index in [0.29, 0.717) is 29.7 Å². The molecular weight excluding hydrogens is 428 g/mol. The minimum atomic E-state index is -0.184. The molecule has 1 aliphatic heterocycles. The highest BCUT2D eigenvalue weighted by Crippen LogP contribution is 2.36. The van der Waals surface area contributed by atoms with E-state index in [1.807, 2.05) is 54.8 Å². The molecule has 0 fully saturated rings. The number of aromatic nitrogens is 3. The number of thiazole rings is 1. The Morgan fingerprint density at radius 1 is 1.09 bits per heavy atom. The van der Waals surface area contributed by atoms with Crippen LogP contribution in [0.1, 0.15) is 19.8 Å². The van der Waals surface area contributed by atoms with Crippen LogP contribution in [0.15, 0.2) is 52.6 Å². The van der Waals surface area contributed by atoms with Crippen LogP contribution in [0.5, 0.6) is 11.5 Å². The maximum absolute atomic E-state index is 12.9. The molecule has 2 aromatic heterocycles. The Morgan fingerprint density at radius 3 is 2.62 bits per heavy atom. The maximum Gasteiger partial charge on any atom is 0.329 e. The first-order valence-electron chi connectivity index (χ1n) is 10.5. The molecular formula is C23H22N4O4S. The number of carbonyl (C=O) groups is 1. The number of fused-ring (bicyclic) bond motifs is 2. The summed E-state index contributed by atoms with van der Waals surface area (Å²) in [7, 11) is 0. The summed E-state index contributed by atoms with van der Waals surface area (Å²) in [5.74, 6) is 1.22. The zero-order chi connectivity index (χ0) is 22.1. The summed E-state index contributed by atoms with van der Waals surface area (Å²) in [6.45, 7) is 3.22. The molecule has 0 saturated carbocycles. The van der Waals surface area contributed by atoms with E-state index in [4.69, 9.17) is 9.47 Å². The molecule has 5 rings (SSSR count). The van der Waals surface area contributed by atoms with Crippen molar-refractivity contribution in [1.82, 2.24) is 14.1 Å². The molecule has 4 aromatic rings. The van der Waals surface area contributed by atoms with Crippen LogP contribution < -0.4 is 20.5 Å². The van der Waals surface area contributed by atoms with Crippen molar-refractivity contribution >= 4 is 33.4 Å². The lowest BCUT2D eigenvalue weighted by Crippen LogP contribution is -2.26. The van der Waals surface area contributed by atoms with Gasteiger partial charge in [0.15, 0.2) is 16.6 Å². The van der Waals surface area contributed by atoms with Crippen LogP contribution in [-0.4, -0.2) is 26.8 Å². The second-order valence-corrected chi connectivity index (χ2v) is 8.34. The van der Waals surface area contributed by atoms with Crippen molar-refractivity contribution in [2.75, 3.05) is 12.1 Å². The van der Waals surface area contributed by atoms with Gasteiger partial charge in [-0.05, 0) is 36.8 Å². The summed E-state index contributed by atoms with van der Waals surface area (Å²) in [6, 6.07) is 13.3. The Kier molecular flexibility index (Phi) is 5.40. The number of nitrogens with zero attached hydrogens (tertiary/aromatic N) is 3. The van der Waals surface area contributed by atoms with Crippen LogP contribution >= 0.6 is 11.3 Å². The monoisotopic (exact) mass is 450 g/mol. The molecule has 164 valence electrons. The first-order chi connectivity index (χ1) is 15.6. The van der Waals surface area contributed by atoms with Gasteiger partial charge in [-0.3, -0.25) is 13.9 Å². The summed E-state index contributed by atoms with van der Waals surface area (Å²) in [5.41, 5.74) is 3.30. The molecule has 1 aliphatic rings. The SMILES string of the molecule is CCCn1c(=O)n(CCC(=O)Nc2nc(-c3ccc4c(c3)OCO4)cs2)c2ccccc21. The predicted molar refractivity (Wildman–Crippen MR) is 123 cm³/mol. The standard InChI is InChI=1S/C23H22N4O4S/c1-2-10-26-17-5-3-4-6-18(17)27(23(26)29)11-9-21(28)25-22-24-16(13-32-22)15-7-8-19-20(12-15)31-14-30-19/h3-8,12-13H,2,9-11,14H2,1H3,(H,24,25,28). The molecule has 0 aliphatic carbocycles. The molecule has 2 aromatic carbocycles. The normalized spacial score (nSPS) is 12.4. The van der Waals surface area contributed by atoms with Gasteiger partial charge in [0.1, 0.15) is 0 Å². The lowest BCUT2D eigenvalue weighted by molar-refractivity contribution is -0.116. The van der Waals surface area contributed by atoms with E-state index in [-0.39, 0.29) is 24.8 Å². The number of carbonyl (C=O) groups excluding carboxylic acids is 1. The fourth-order valence-electron chi connectivity index (χ4n) is 3.84. The average Bonchev–Trinajstić information content (AvgIpc) is 3.51. The Bertz CT molecular complexity index is 1350. The topological polar surface area (TPSA) is 87.4 Å². The van der Waals surface area contributed by atoms with Gasteiger partial charge in [-0.15, -0.1) is 11.3 Å². The number of hydrogen-bond acceptors (Lipinski definition) is 6. The van der Waals surface area contributed by atoms with Crippen LogP contribution in [0.4, 0.5) is 5.13 Å². The van der Waals surface area contributed by atoms with E-state index in [9.17, 15) is 9.59 Å². The van der Waals surface area contributed by atoms with Gasteiger partial charge in [-0.25, -0.2) is 9.78 Å². The highest BCUT2D eigenvalue weighted by atomic mass is 32.1. The first kappa shape index (κ1) is 20.3. The van der Waals surface area contributed by atoms with E-state index >= 15 is 0 Å². The average molecular weight is 451 g/mol. The van der Waals surface area contributed by atoms with Crippen molar-refractivity contribution in [2.45, 2.75) is 32.9 Å². The van der Waals surface area contributed by atoms with Crippen molar-refractivity contribution < 1.29 is 14.3 Å². The molecule has 8 nitrogen and oxygen atoms in total. The molecule has 1 amide bonds. The van der Waals surface area contributed by atoms with Crippen molar-refractivity contribution in [3.8, 4) is 22.8 Å². The summed E-state index contributed by atoms with van der Waals surface area (Å²) in [6.07, 6.45) is 1.04. The Balaban J connectivity index is 1.27. The van der Waals surface area contributed by atoms with Gasteiger partial charge < -0.3 is 14.8 Å². The molecule has 32 heavy (non-hydrogen) atoms. The summed E-state index contributed by atoms with van der Waals surface area (Å²) in [5, 5.41) is 5.25. The molecule has 1 N–H and O–H groups in total. The van der Waals surface area contributed by atoms with Gasteiger partial charge in [0.25, 0.3) is 0 Å². The molecule has 0 bridgehead atoms. The summed E-state index contributed by atoms with van der Waals surface area (Å²) >= 11 is 1.36. The molecule has 9 heteroatoms. The number of imidazole rings is 1. The number of hydrogen-bond donors (Lipinski definition) is 1. The largest absolute Gasteiger partial charge is 0.454 e. The maximum atomic E-state index is 12.9. The molecule has 0 atom stereocenters. The Morgan fingerprint density at radius 2 is 1.84 bits per heavy atom. The van der Waals surface area contributed by atoms with Crippen LogP contribution in [0.3, 0.4) is 0 Å². The quantitative estimate of drug-likeness (QED) is 0.458. The van der Waals surface area contributed by atoms with Crippen molar-refractivity contribution in [1.29, 1.82) is 0 Å². The lowest BCUT2D eigenvalue weighted by atomic mass is 10.1. The molecule has 0 unspecified atom stereocenters. The molecule has 0 spiro atoms. The van der Waals surface area contributed by atoms with Crippen molar-refractivity contribution in [2.24, 2.45) is 0 Å². The Labute approximate surface area is 188 Å². The van der Waals surface area contributed by atoms with Gasteiger partial charge in [-0.1, -0.05) is 19.1 Å². The number of para-hydroxylation sites is 2. The zero-order valence-corrected chi connectivity index (χ0v) is 18.4. The van der Waals surface area contributed by atoms with Gasteiger partial charge in [0.2, 0.25) is 12.7 Å². The Hall–Kier alpha value is -3.59.